The van der Waals surface area contributed by atoms with Crippen molar-refractivity contribution >= 4 is 0 Å². The van der Waals surface area contributed by atoms with E-state index >= 15 is 0 Å². The predicted octanol–water partition coefficient (Wildman–Crippen LogP) is 4.63. The molecule has 1 atom stereocenters. The molecule has 0 saturated carbocycles. The average Bonchev–Trinajstić information content (AvgIpc) is 2.60. The SMILES string of the molecule is CCOc1cc2c(cc1OC)CCNC2c1ccc(C(C)(C)C)cc1. The predicted molar refractivity (Wildman–Crippen MR) is 103 cm³/mol. The van der Waals surface area contributed by atoms with Gasteiger partial charge in [-0.05, 0) is 53.1 Å². The van der Waals surface area contributed by atoms with Crippen molar-refractivity contribution in [2.75, 3.05) is 20.3 Å². The molecule has 0 aliphatic carbocycles. The monoisotopic (exact) mass is 339 g/mol. The first-order valence-electron chi connectivity index (χ1n) is 9.11. The summed E-state index contributed by atoms with van der Waals surface area (Å²) in [4.78, 5) is 0. The zero-order valence-corrected chi connectivity index (χ0v) is 16.0. The van der Waals surface area contributed by atoms with Crippen molar-refractivity contribution in [3.63, 3.8) is 0 Å². The van der Waals surface area contributed by atoms with Crippen molar-refractivity contribution in [3.05, 3.63) is 58.7 Å². The highest BCUT2D eigenvalue weighted by atomic mass is 16.5. The maximum Gasteiger partial charge on any atom is 0.161 e. The molecule has 0 fully saturated rings. The summed E-state index contributed by atoms with van der Waals surface area (Å²) in [5, 5.41) is 3.66. The van der Waals surface area contributed by atoms with Crippen LogP contribution in [0.5, 0.6) is 11.5 Å². The first-order chi connectivity index (χ1) is 11.9. The number of fused-ring (bicyclic) bond motifs is 1. The molecule has 1 unspecified atom stereocenters. The minimum Gasteiger partial charge on any atom is -0.493 e. The molecule has 2 aromatic rings. The first kappa shape index (κ1) is 17.8. The molecule has 25 heavy (non-hydrogen) atoms. The van der Waals surface area contributed by atoms with Crippen molar-refractivity contribution in [3.8, 4) is 11.5 Å². The normalized spacial score (nSPS) is 17.1. The molecule has 0 spiro atoms. The summed E-state index contributed by atoms with van der Waals surface area (Å²) in [6.45, 7) is 10.3. The van der Waals surface area contributed by atoms with Crippen LogP contribution >= 0.6 is 0 Å². The molecule has 3 rings (SSSR count). The maximum absolute atomic E-state index is 5.79. The highest BCUT2D eigenvalue weighted by Crippen LogP contribution is 2.38. The van der Waals surface area contributed by atoms with Crippen molar-refractivity contribution in [1.29, 1.82) is 0 Å². The van der Waals surface area contributed by atoms with Crippen LogP contribution in [0.2, 0.25) is 0 Å². The molecule has 0 aromatic heterocycles. The molecule has 2 aromatic carbocycles. The second-order valence-corrected chi connectivity index (χ2v) is 7.64. The van der Waals surface area contributed by atoms with E-state index in [0.29, 0.717) is 6.61 Å². The quantitative estimate of drug-likeness (QED) is 0.881. The Kier molecular flexibility index (Phi) is 5.05. The van der Waals surface area contributed by atoms with Crippen LogP contribution in [0.3, 0.4) is 0 Å². The van der Waals surface area contributed by atoms with E-state index < -0.39 is 0 Å². The van der Waals surface area contributed by atoms with Gasteiger partial charge in [0, 0.05) is 6.54 Å². The van der Waals surface area contributed by atoms with Gasteiger partial charge in [-0.3, -0.25) is 0 Å². The Morgan fingerprint density at radius 1 is 1.08 bits per heavy atom. The molecule has 0 radical (unpaired) electrons. The van der Waals surface area contributed by atoms with Crippen LogP contribution in [0, 0.1) is 0 Å². The van der Waals surface area contributed by atoms with E-state index in [2.05, 4.69) is 62.5 Å². The highest BCUT2D eigenvalue weighted by Gasteiger charge is 2.24. The molecule has 3 nitrogen and oxygen atoms in total. The number of benzene rings is 2. The third kappa shape index (κ3) is 3.67. The van der Waals surface area contributed by atoms with Crippen molar-refractivity contribution in [2.24, 2.45) is 0 Å². The summed E-state index contributed by atoms with van der Waals surface area (Å²) in [7, 11) is 1.70. The van der Waals surface area contributed by atoms with Crippen molar-refractivity contribution < 1.29 is 9.47 Å². The Bertz CT molecular complexity index is 729. The number of hydrogen-bond donors (Lipinski definition) is 1. The third-order valence-electron chi connectivity index (χ3n) is 4.89. The zero-order valence-electron chi connectivity index (χ0n) is 16.0. The molecule has 3 heteroatoms. The number of ether oxygens (including phenoxy) is 2. The lowest BCUT2D eigenvalue weighted by molar-refractivity contribution is 0.309. The Morgan fingerprint density at radius 2 is 1.80 bits per heavy atom. The van der Waals surface area contributed by atoms with E-state index in [1.165, 1.54) is 22.3 Å². The Hall–Kier alpha value is -2.00. The van der Waals surface area contributed by atoms with Gasteiger partial charge in [-0.15, -0.1) is 0 Å². The third-order valence-corrected chi connectivity index (χ3v) is 4.89. The summed E-state index contributed by atoms with van der Waals surface area (Å²) in [6.07, 6.45) is 1.01. The van der Waals surface area contributed by atoms with Crippen LogP contribution in [-0.2, 0) is 11.8 Å². The van der Waals surface area contributed by atoms with Gasteiger partial charge in [0.1, 0.15) is 0 Å². The van der Waals surface area contributed by atoms with E-state index in [1.807, 2.05) is 6.92 Å². The van der Waals surface area contributed by atoms with Crippen LogP contribution < -0.4 is 14.8 Å². The standard InChI is InChI=1S/C22H29NO2/c1-6-25-20-14-18-16(13-19(20)24-5)11-12-23-21(18)15-7-9-17(10-8-15)22(2,3)4/h7-10,13-14,21,23H,6,11-12H2,1-5H3. The second-order valence-electron chi connectivity index (χ2n) is 7.64. The molecule has 1 aliphatic heterocycles. The van der Waals surface area contributed by atoms with E-state index in [1.54, 1.807) is 7.11 Å². The van der Waals surface area contributed by atoms with Gasteiger partial charge in [0.05, 0.1) is 19.8 Å². The molecular formula is C22H29NO2. The van der Waals surface area contributed by atoms with E-state index in [4.69, 9.17) is 9.47 Å². The molecule has 0 amide bonds. The van der Waals surface area contributed by atoms with Crippen LogP contribution in [-0.4, -0.2) is 20.3 Å². The number of nitrogens with one attached hydrogen (secondary N) is 1. The van der Waals surface area contributed by atoms with E-state index in [-0.39, 0.29) is 11.5 Å². The smallest absolute Gasteiger partial charge is 0.161 e. The minimum absolute atomic E-state index is 0.173. The fraction of sp³-hybridized carbons (Fsp3) is 0.455. The number of methoxy groups -OCH3 is 1. The molecule has 0 bridgehead atoms. The van der Waals surface area contributed by atoms with Crippen molar-refractivity contribution in [2.45, 2.75) is 45.6 Å². The van der Waals surface area contributed by atoms with Crippen LogP contribution in [0.4, 0.5) is 0 Å². The molecule has 134 valence electrons. The zero-order chi connectivity index (χ0) is 18.0. The van der Waals surface area contributed by atoms with E-state index in [9.17, 15) is 0 Å². The Labute approximate surface area is 151 Å². The van der Waals surface area contributed by atoms with Gasteiger partial charge in [0.15, 0.2) is 11.5 Å². The Balaban J connectivity index is 1.99. The molecule has 1 N–H and O–H groups in total. The van der Waals surface area contributed by atoms with Gasteiger partial charge >= 0.3 is 0 Å². The molecule has 1 aliphatic rings. The number of rotatable bonds is 4. The van der Waals surface area contributed by atoms with Gasteiger partial charge in [-0.1, -0.05) is 45.0 Å². The Morgan fingerprint density at radius 3 is 2.40 bits per heavy atom. The maximum atomic E-state index is 5.79. The lowest BCUT2D eigenvalue weighted by Gasteiger charge is -2.29. The first-order valence-corrected chi connectivity index (χ1v) is 9.11. The van der Waals surface area contributed by atoms with Crippen LogP contribution in [0.1, 0.15) is 56.0 Å². The van der Waals surface area contributed by atoms with Gasteiger partial charge in [-0.2, -0.15) is 0 Å². The summed E-state index contributed by atoms with van der Waals surface area (Å²) in [5.74, 6) is 1.65. The average molecular weight is 339 g/mol. The fourth-order valence-corrected chi connectivity index (χ4v) is 3.46. The summed E-state index contributed by atoms with van der Waals surface area (Å²) < 4.78 is 11.3. The summed E-state index contributed by atoms with van der Waals surface area (Å²) in [6, 6.07) is 13.5. The van der Waals surface area contributed by atoms with Crippen molar-refractivity contribution in [1.82, 2.24) is 5.32 Å². The fourth-order valence-electron chi connectivity index (χ4n) is 3.46. The summed E-state index contributed by atoms with van der Waals surface area (Å²) >= 11 is 0. The molecule has 0 saturated heterocycles. The molecule has 1 heterocycles. The minimum atomic E-state index is 0.173. The largest absolute Gasteiger partial charge is 0.493 e. The second kappa shape index (κ2) is 7.09. The summed E-state index contributed by atoms with van der Waals surface area (Å²) in [5.41, 5.74) is 5.45. The lowest BCUT2D eigenvalue weighted by atomic mass is 9.84. The van der Waals surface area contributed by atoms with Gasteiger partial charge in [0.25, 0.3) is 0 Å². The van der Waals surface area contributed by atoms with Gasteiger partial charge < -0.3 is 14.8 Å². The van der Waals surface area contributed by atoms with Crippen LogP contribution in [0.25, 0.3) is 0 Å². The van der Waals surface area contributed by atoms with Crippen LogP contribution in [0.15, 0.2) is 36.4 Å². The highest BCUT2D eigenvalue weighted by molar-refractivity contribution is 5.51. The van der Waals surface area contributed by atoms with Gasteiger partial charge in [0.2, 0.25) is 0 Å². The lowest BCUT2D eigenvalue weighted by Crippen LogP contribution is -2.30. The molecular weight excluding hydrogens is 310 g/mol. The van der Waals surface area contributed by atoms with Gasteiger partial charge in [-0.25, -0.2) is 0 Å². The van der Waals surface area contributed by atoms with E-state index in [0.717, 1.165) is 24.5 Å². The number of hydrogen-bond acceptors (Lipinski definition) is 3. The topological polar surface area (TPSA) is 30.5 Å².